The molecule has 0 fully saturated rings. The summed E-state index contributed by atoms with van der Waals surface area (Å²) >= 11 is 0. The van der Waals surface area contributed by atoms with Crippen molar-refractivity contribution in [2.45, 2.75) is 46.2 Å². The number of hydrogen-bond donors (Lipinski definition) is 2. The Bertz CT molecular complexity index is 394. The van der Waals surface area contributed by atoms with Gasteiger partial charge >= 0.3 is 0 Å². The van der Waals surface area contributed by atoms with Crippen LogP contribution in [0.3, 0.4) is 0 Å². The zero-order chi connectivity index (χ0) is 13.7. The number of hydrogen-bond acceptors (Lipinski definition) is 3. The maximum absolute atomic E-state index is 7.32. The molecule has 0 aliphatic rings. The van der Waals surface area contributed by atoms with Crippen molar-refractivity contribution in [2.75, 3.05) is 6.54 Å². The number of aromatic nitrogens is 2. The van der Waals surface area contributed by atoms with Crippen LogP contribution >= 0.6 is 0 Å². The quantitative estimate of drug-likeness (QED) is 0.570. The molecular formula is C13H25N5. The third-order valence-electron chi connectivity index (χ3n) is 3.15. The molecule has 1 heterocycles. The van der Waals surface area contributed by atoms with Crippen LogP contribution in [0.15, 0.2) is 6.07 Å². The van der Waals surface area contributed by atoms with Gasteiger partial charge in [-0.25, -0.2) is 0 Å². The van der Waals surface area contributed by atoms with Crippen LogP contribution in [-0.4, -0.2) is 33.1 Å². The molecule has 3 N–H and O–H groups in total. The van der Waals surface area contributed by atoms with Crippen molar-refractivity contribution in [1.82, 2.24) is 14.7 Å². The first-order chi connectivity index (χ1) is 8.43. The van der Waals surface area contributed by atoms with E-state index >= 15 is 0 Å². The van der Waals surface area contributed by atoms with Gasteiger partial charge in [-0.05, 0) is 26.3 Å². The molecule has 0 unspecified atom stereocenters. The van der Waals surface area contributed by atoms with Gasteiger partial charge in [-0.3, -0.25) is 15.0 Å². The number of aryl methyl sites for hydroxylation is 2. The average Bonchev–Trinajstić information content (AvgIpc) is 2.64. The van der Waals surface area contributed by atoms with Crippen molar-refractivity contribution in [3.05, 3.63) is 17.5 Å². The summed E-state index contributed by atoms with van der Waals surface area (Å²) in [6.07, 6.45) is 1.58. The average molecular weight is 251 g/mol. The highest BCUT2D eigenvalue weighted by Gasteiger charge is 2.13. The van der Waals surface area contributed by atoms with Gasteiger partial charge in [-0.15, -0.1) is 0 Å². The molecule has 0 saturated heterocycles. The number of rotatable bonds is 7. The largest absolute Gasteiger partial charge is 0.388 e. The predicted octanol–water partition coefficient (Wildman–Crippen LogP) is 1.52. The standard InChI is InChI=1S/C13H25N5/c1-5-11-8-12(17(4)16-11)9-18(10(2)3)7-6-13(14)15/h8,10H,5-7,9H2,1-4H3,(H3,14,15). The highest BCUT2D eigenvalue weighted by Crippen LogP contribution is 2.10. The van der Waals surface area contributed by atoms with E-state index < -0.39 is 0 Å². The summed E-state index contributed by atoms with van der Waals surface area (Å²) in [5.74, 6) is 0.250. The molecule has 5 nitrogen and oxygen atoms in total. The molecule has 5 heteroatoms. The predicted molar refractivity (Wildman–Crippen MR) is 74.7 cm³/mol. The van der Waals surface area contributed by atoms with E-state index in [1.54, 1.807) is 0 Å². The van der Waals surface area contributed by atoms with Crippen LogP contribution in [0.2, 0.25) is 0 Å². The molecule has 0 aliphatic carbocycles. The lowest BCUT2D eigenvalue weighted by Crippen LogP contribution is -2.34. The Kier molecular flexibility index (Phi) is 5.34. The van der Waals surface area contributed by atoms with E-state index in [4.69, 9.17) is 11.1 Å². The summed E-state index contributed by atoms with van der Waals surface area (Å²) in [6, 6.07) is 2.59. The van der Waals surface area contributed by atoms with Gasteiger partial charge in [0.25, 0.3) is 0 Å². The Balaban J connectivity index is 2.70. The van der Waals surface area contributed by atoms with Crippen molar-refractivity contribution in [2.24, 2.45) is 12.8 Å². The van der Waals surface area contributed by atoms with Gasteiger partial charge < -0.3 is 5.73 Å². The second kappa shape index (κ2) is 6.54. The molecule has 102 valence electrons. The number of nitrogens with zero attached hydrogens (tertiary/aromatic N) is 3. The second-order valence-corrected chi connectivity index (χ2v) is 4.94. The molecule has 0 aliphatic heterocycles. The fourth-order valence-electron chi connectivity index (χ4n) is 1.88. The second-order valence-electron chi connectivity index (χ2n) is 4.94. The molecule has 1 aromatic heterocycles. The summed E-state index contributed by atoms with van der Waals surface area (Å²) in [5.41, 5.74) is 7.77. The van der Waals surface area contributed by atoms with Crippen LogP contribution in [0.5, 0.6) is 0 Å². The lowest BCUT2D eigenvalue weighted by Gasteiger charge is -2.26. The molecule has 0 spiro atoms. The molecule has 0 bridgehead atoms. The minimum absolute atomic E-state index is 0.250. The summed E-state index contributed by atoms with van der Waals surface area (Å²) in [4.78, 5) is 2.32. The number of amidine groups is 1. The zero-order valence-electron chi connectivity index (χ0n) is 11.9. The van der Waals surface area contributed by atoms with Gasteiger partial charge in [0.2, 0.25) is 0 Å². The Morgan fingerprint density at radius 1 is 1.56 bits per heavy atom. The maximum atomic E-state index is 7.32. The van der Waals surface area contributed by atoms with Gasteiger partial charge in [0, 0.05) is 32.6 Å². The van der Waals surface area contributed by atoms with Crippen molar-refractivity contribution >= 4 is 5.84 Å². The lowest BCUT2D eigenvalue weighted by molar-refractivity contribution is 0.213. The SMILES string of the molecule is CCc1cc(CN(CCC(=N)N)C(C)C)n(C)n1. The van der Waals surface area contributed by atoms with Crippen LogP contribution in [0.1, 0.15) is 38.6 Å². The van der Waals surface area contributed by atoms with Gasteiger partial charge in [-0.1, -0.05) is 6.92 Å². The third-order valence-corrected chi connectivity index (χ3v) is 3.15. The Hall–Kier alpha value is -1.36. The minimum atomic E-state index is 0.250. The monoisotopic (exact) mass is 251 g/mol. The first-order valence-corrected chi connectivity index (χ1v) is 6.52. The summed E-state index contributed by atoms with van der Waals surface area (Å²) in [6.45, 7) is 8.12. The van der Waals surface area contributed by atoms with Crippen molar-refractivity contribution < 1.29 is 0 Å². The molecule has 1 rings (SSSR count). The van der Waals surface area contributed by atoms with E-state index in [1.807, 2.05) is 11.7 Å². The lowest BCUT2D eigenvalue weighted by atomic mass is 10.2. The topological polar surface area (TPSA) is 70.9 Å². The first-order valence-electron chi connectivity index (χ1n) is 6.52. The smallest absolute Gasteiger partial charge is 0.0918 e. The Morgan fingerprint density at radius 2 is 2.22 bits per heavy atom. The van der Waals surface area contributed by atoms with Crippen LogP contribution in [-0.2, 0) is 20.0 Å². The van der Waals surface area contributed by atoms with E-state index in [1.165, 1.54) is 5.69 Å². The van der Waals surface area contributed by atoms with E-state index in [0.717, 1.165) is 25.2 Å². The highest BCUT2D eigenvalue weighted by molar-refractivity contribution is 5.76. The zero-order valence-corrected chi connectivity index (χ0v) is 11.9. The summed E-state index contributed by atoms with van der Waals surface area (Å²) < 4.78 is 1.95. The van der Waals surface area contributed by atoms with Crippen molar-refractivity contribution in [1.29, 1.82) is 5.41 Å². The van der Waals surface area contributed by atoms with E-state index in [2.05, 4.69) is 36.8 Å². The number of nitrogens with one attached hydrogen (secondary N) is 1. The van der Waals surface area contributed by atoms with E-state index in [0.29, 0.717) is 12.5 Å². The minimum Gasteiger partial charge on any atom is -0.388 e. The summed E-state index contributed by atoms with van der Waals surface area (Å²) in [7, 11) is 1.98. The van der Waals surface area contributed by atoms with Gasteiger partial charge in [0.15, 0.2) is 0 Å². The van der Waals surface area contributed by atoms with Crippen LogP contribution in [0.25, 0.3) is 0 Å². The van der Waals surface area contributed by atoms with Gasteiger partial charge in [-0.2, -0.15) is 5.10 Å². The molecule has 0 amide bonds. The maximum Gasteiger partial charge on any atom is 0.0918 e. The molecule has 0 saturated carbocycles. The Labute approximate surface area is 109 Å². The van der Waals surface area contributed by atoms with Crippen LogP contribution in [0, 0.1) is 5.41 Å². The molecular weight excluding hydrogens is 226 g/mol. The molecule has 0 aromatic carbocycles. The number of nitrogens with two attached hydrogens (primary N) is 1. The van der Waals surface area contributed by atoms with E-state index in [9.17, 15) is 0 Å². The normalized spacial score (nSPS) is 11.4. The highest BCUT2D eigenvalue weighted by atomic mass is 15.3. The Morgan fingerprint density at radius 3 is 2.67 bits per heavy atom. The third kappa shape index (κ3) is 4.14. The van der Waals surface area contributed by atoms with Gasteiger partial charge in [0.1, 0.15) is 0 Å². The fourth-order valence-corrected chi connectivity index (χ4v) is 1.88. The van der Waals surface area contributed by atoms with Crippen LogP contribution in [0.4, 0.5) is 0 Å². The van der Waals surface area contributed by atoms with Crippen LogP contribution < -0.4 is 5.73 Å². The first kappa shape index (κ1) is 14.7. The molecule has 0 radical (unpaired) electrons. The van der Waals surface area contributed by atoms with Crippen molar-refractivity contribution in [3.63, 3.8) is 0 Å². The fraction of sp³-hybridized carbons (Fsp3) is 0.692. The van der Waals surface area contributed by atoms with Gasteiger partial charge in [0.05, 0.1) is 17.2 Å². The molecule has 1 aromatic rings. The van der Waals surface area contributed by atoms with E-state index in [-0.39, 0.29) is 5.84 Å². The summed E-state index contributed by atoms with van der Waals surface area (Å²) in [5, 5.41) is 11.8. The van der Waals surface area contributed by atoms with Crippen molar-refractivity contribution in [3.8, 4) is 0 Å². The molecule has 18 heavy (non-hydrogen) atoms. The molecule has 0 atom stereocenters.